The topological polar surface area (TPSA) is 54.2 Å². The number of aromatic nitrogens is 3. The number of benzene rings is 1. The minimum Gasteiger partial charge on any atom is -0.324 e. The van der Waals surface area contributed by atoms with Crippen LogP contribution in [0.15, 0.2) is 66.5 Å². The van der Waals surface area contributed by atoms with Crippen LogP contribution in [0.25, 0.3) is 22.9 Å². The Balaban J connectivity index is 0.000000421. The summed E-state index contributed by atoms with van der Waals surface area (Å²) in [6, 6.07) is 9.41. The molecule has 0 atom stereocenters. The Hall–Kier alpha value is -3.23. The Labute approximate surface area is 208 Å². The second kappa shape index (κ2) is 12.0. The summed E-state index contributed by atoms with van der Waals surface area (Å²) in [5.74, 6) is -1.20. The number of imidazole rings is 1. The summed E-state index contributed by atoms with van der Waals surface area (Å²) in [6.07, 6.45) is 12.3. The standard InChI is InChI=1S/C22H18F2N4S.C5H11N/c1-3-17-12-26-22-8-5-14(13-28(17)22)15-9-20(19(4-2)25-11-15)27-29-21-7-6-16(23)10-18(21)24;1-2-4-6-5-3-1/h3,5-13,27H,1,4H2,2H3;6H,1-5H2. The highest BCUT2D eigenvalue weighted by Gasteiger charge is 2.10. The van der Waals surface area contributed by atoms with Gasteiger partial charge in [-0.2, -0.15) is 0 Å². The Morgan fingerprint density at radius 1 is 1.06 bits per heavy atom. The molecule has 0 amide bonds. The van der Waals surface area contributed by atoms with Crippen LogP contribution in [-0.4, -0.2) is 27.5 Å². The van der Waals surface area contributed by atoms with Crippen LogP contribution in [0.2, 0.25) is 0 Å². The summed E-state index contributed by atoms with van der Waals surface area (Å²) < 4.78 is 32.2. The molecule has 1 saturated heterocycles. The predicted octanol–water partition coefficient (Wildman–Crippen LogP) is 6.76. The molecule has 0 saturated carbocycles. The maximum Gasteiger partial charge on any atom is 0.141 e. The van der Waals surface area contributed by atoms with Gasteiger partial charge in [0.05, 0.1) is 28.2 Å². The number of nitrogens with zero attached hydrogens (tertiary/aromatic N) is 3. The van der Waals surface area contributed by atoms with Gasteiger partial charge in [0.25, 0.3) is 0 Å². The lowest BCUT2D eigenvalue weighted by atomic mass is 10.1. The van der Waals surface area contributed by atoms with Crippen LogP contribution in [-0.2, 0) is 6.42 Å². The monoisotopic (exact) mass is 493 g/mol. The quantitative estimate of drug-likeness (QED) is 0.291. The molecule has 0 radical (unpaired) electrons. The van der Waals surface area contributed by atoms with Gasteiger partial charge in [0.1, 0.15) is 17.3 Å². The second-order valence-corrected chi connectivity index (χ2v) is 9.04. The first kappa shape index (κ1) is 24.9. The average Bonchev–Trinajstić information content (AvgIpc) is 3.32. The molecule has 0 bridgehead atoms. The summed E-state index contributed by atoms with van der Waals surface area (Å²) in [6.45, 7) is 8.32. The second-order valence-electron chi connectivity index (χ2n) is 8.19. The van der Waals surface area contributed by atoms with Crippen LogP contribution in [0.1, 0.15) is 37.6 Å². The maximum atomic E-state index is 13.9. The first-order valence-corrected chi connectivity index (χ1v) is 12.6. The lowest BCUT2D eigenvalue weighted by Crippen LogP contribution is -2.21. The Morgan fingerprint density at radius 2 is 1.89 bits per heavy atom. The highest BCUT2D eigenvalue weighted by molar-refractivity contribution is 8.00. The molecule has 5 nitrogen and oxygen atoms in total. The molecule has 4 heterocycles. The molecule has 2 N–H and O–H groups in total. The van der Waals surface area contributed by atoms with E-state index in [9.17, 15) is 8.78 Å². The van der Waals surface area contributed by atoms with Gasteiger partial charge in [-0.3, -0.25) is 9.38 Å². The molecular formula is C27H29F2N5S. The molecule has 5 rings (SSSR count). The number of halogens is 2. The number of aryl methyl sites for hydroxylation is 1. The summed E-state index contributed by atoms with van der Waals surface area (Å²) in [5.41, 5.74) is 5.26. The molecule has 182 valence electrons. The van der Waals surface area contributed by atoms with Crippen molar-refractivity contribution in [2.75, 3.05) is 17.8 Å². The molecule has 0 aliphatic carbocycles. The maximum absolute atomic E-state index is 13.9. The molecule has 0 spiro atoms. The van der Waals surface area contributed by atoms with Crippen molar-refractivity contribution >= 4 is 29.4 Å². The van der Waals surface area contributed by atoms with E-state index < -0.39 is 11.6 Å². The minimum absolute atomic E-state index is 0.314. The van der Waals surface area contributed by atoms with Crippen molar-refractivity contribution in [2.24, 2.45) is 0 Å². The zero-order valence-corrected chi connectivity index (χ0v) is 20.5. The minimum atomic E-state index is -0.604. The highest BCUT2D eigenvalue weighted by atomic mass is 32.2. The van der Waals surface area contributed by atoms with Crippen LogP contribution in [0, 0.1) is 11.6 Å². The number of pyridine rings is 2. The number of piperidine rings is 1. The van der Waals surface area contributed by atoms with Crippen molar-refractivity contribution in [1.82, 2.24) is 19.7 Å². The van der Waals surface area contributed by atoms with Gasteiger partial charge in [-0.25, -0.2) is 13.8 Å². The van der Waals surface area contributed by atoms with E-state index in [-0.39, 0.29) is 0 Å². The Morgan fingerprint density at radius 3 is 2.54 bits per heavy atom. The Kier molecular flexibility index (Phi) is 8.50. The zero-order valence-electron chi connectivity index (χ0n) is 19.7. The van der Waals surface area contributed by atoms with E-state index in [1.165, 1.54) is 44.5 Å². The van der Waals surface area contributed by atoms with Crippen LogP contribution in [0.4, 0.5) is 14.5 Å². The lowest BCUT2D eigenvalue weighted by molar-refractivity contribution is 0.520. The summed E-state index contributed by atoms with van der Waals surface area (Å²) in [7, 11) is 0. The number of anilines is 1. The van der Waals surface area contributed by atoms with Crippen molar-refractivity contribution in [2.45, 2.75) is 37.5 Å². The fourth-order valence-corrected chi connectivity index (χ4v) is 4.50. The largest absolute Gasteiger partial charge is 0.324 e. The smallest absolute Gasteiger partial charge is 0.141 e. The molecule has 1 aliphatic heterocycles. The SMILES string of the molecule is C1CCNCC1.C=Cc1cnc2ccc(-c3cnc(CC)c(NSc4ccc(F)cc4F)c3)cn12. The first-order valence-electron chi connectivity index (χ1n) is 11.8. The molecule has 0 unspecified atom stereocenters. The van der Waals surface area contributed by atoms with E-state index >= 15 is 0 Å². The predicted molar refractivity (Wildman–Crippen MR) is 140 cm³/mol. The van der Waals surface area contributed by atoms with E-state index in [1.807, 2.05) is 41.9 Å². The third kappa shape index (κ3) is 6.26. The molecule has 8 heteroatoms. The fraction of sp³-hybridized carbons (Fsp3) is 0.259. The summed E-state index contributed by atoms with van der Waals surface area (Å²) in [5, 5.41) is 3.28. The van der Waals surface area contributed by atoms with Crippen molar-refractivity contribution in [3.05, 3.63) is 84.6 Å². The number of rotatable bonds is 6. The molecule has 1 aliphatic rings. The number of nitrogens with one attached hydrogen (secondary N) is 2. The molecule has 3 aromatic heterocycles. The van der Waals surface area contributed by atoms with Gasteiger partial charge in [0, 0.05) is 29.6 Å². The van der Waals surface area contributed by atoms with E-state index in [4.69, 9.17) is 0 Å². The van der Waals surface area contributed by atoms with Crippen molar-refractivity contribution < 1.29 is 8.78 Å². The van der Waals surface area contributed by atoms with Gasteiger partial charge in [-0.05, 0) is 80.7 Å². The molecule has 35 heavy (non-hydrogen) atoms. The van der Waals surface area contributed by atoms with E-state index in [1.54, 1.807) is 12.3 Å². The van der Waals surface area contributed by atoms with Gasteiger partial charge >= 0.3 is 0 Å². The third-order valence-corrected chi connectivity index (χ3v) is 6.63. The molecular weight excluding hydrogens is 464 g/mol. The number of hydrogen-bond acceptors (Lipinski definition) is 5. The van der Waals surface area contributed by atoms with Crippen LogP contribution >= 0.6 is 11.9 Å². The fourth-order valence-electron chi connectivity index (χ4n) is 3.81. The van der Waals surface area contributed by atoms with Crippen molar-refractivity contribution in [3.63, 3.8) is 0 Å². The summed E-state index contributed by atoms with van der Waals surface area (Å²) in [4.78, 5) is 9.22. The average molecular weight is 494 g/mol. The lowest BCUT2D eigenvalue weighted by Gasteiger charge is -2.12. The summed E-state index contributed by atoms with van der Waals surface area (Å²) >= 11 is 1.09. The number of hydrogen-bond donors (Lipinski definition) is 2. The third-order valence-electron chi connectivity index (χ3n) is 5.75. The van der Waals surface area contributed by atoms with Crippen LogP contribution in [0.5, 0.6) is 0 Å². The highest BCUT2D eigenvalue weighted by Crippen LogP contribution is 2.30. The van der Waals surface area contributed by atoms with Gasteiger partial charge in [-0.1, -0.05) is 19.9 Å². The first-order chi connectivity index (χ1) is 17.1. The van der Waals surface area contributed by atoms with Crippen LogP contribution < -0.4 is 10.0 Å². The van der Waals surface area contributed by atoms with E-state index in [0.717, 1.165) is 58.3 Å². The van der Waals surface area contributed by atoms with Crippen LogP contribution in [0.3, 0.4) is 0 Å². The number of fused-ring (bicyclic) bond motifs is 1. The molecule has 1 fully saturated rings. The molecule has 1 aromatic carbocycles. The zero-order chi connectivity index (χ0) is 24.6. The van der Waals surface area contributed by atoms with Crippen molar-refractivity contribution in [1.29, 1.82) is 0 Å². The Bertz CT molecular complexity index is 1290. The van der Waals surface area contributed by atoms with Gasteiger partial charge in [-0.15, -0.1) is 0 Å². The van der Waals surface area contributed by atoms with Gasteiger partial charge in [0.2, 0.25) is 0 Å². The normalized spacial score (nSPS) is 13.2. The van der Waals surface area contributed by atoms with E-state index in [2.05, 4.69) is 26.6 Å². The molecule has 4 aromatic rings. The van der Waals surface area contributed by atoms with E-state index in [0.29, 0.717) is 4.90 Å². The van der Waals surface area contributed by atoms with Gasteiger partial charge in [0.15, 0.2) is 0 Å². The van der Waals surface area contributed by atoms with Gasteiger partial charge < -0.3 is 10.0 Å². The van der Waals surface area contributed by atoms with Crippen molar-refractivity contribution in [3.8, 4) is 11.1 Å².